The maximum atomic E-state index is 12.1. The number of nitro groups is 1. The van der Waals surface area contributed by atoms with Crippen LogP contribution in [0.2, 0.25) is 5.02 Å². The first kappa shape index (κ1) is 20.0. The molecule has 0 bridgehead atoms. The molecular weight excluding hydrogens is 386 g/mol. The quantitative estimate of drug-likeness (QED) is 0.462. The number of carbonyl (C=O) groups excluding carboxylic acids is 1. The van der Waals surface area contributed by atoms with E-state index in [0.29, 0.717) is 36.5 Å². The molecule has 0 amide bonds. The fourth-order valence-electron chi connectivity index (χ4n) is 3.42. The van der Waals surface area contributed by atoms with E-state index in [2.05, 4.69) is 4.98 Å². The van der Waals surface area contributed by atoms with Gasteiger partial charge in [-0.05, 0) is 31.9 Å². The van der Waals surface area contributed by atoms with E-state index in [4.69, 9.17) is 16.3 Å². The van der Waals surface area contributed by atoms with Crippen molar-refractivity contribution < 1.29 is 19.6 Å². The number of pyridine rings is 1. The van der Waals surface area contributed by atoms with Crippen molar-refractivity contribution in [3.63, 3.8) is 0 Å². The molecule has 2 aromatic rings. The molecule has 1 N–H and O–H groups in total. The van der Waals surface area contributed by atoms with E-state index in [9.17, 15) is 20.0 Å². The second-order valence-corrected chi connectivity index (χ2v) is 6.91. The lowest BCUT2D eigenvalue weighted by atomic mass is 9.84. The largest absolute Gasteiger partial charge is 0.462 e. The summed E-state index contributed by atoms with van der Waals surface area (Å²) in [6.07, 6.45) is 1.99. The van der Waals surface area contributed by atoms with Gasteiger partial charge in [0.05, 0.1) is 17.1 Å². The number of anilines is 1. The molecule has 9 heteroatoms. The van der Waals surface area contributed by atoms with Crippen molar-refractivity contribution >= 4 is 29.1 Å². The highest BCUT2D eigenvalue weighted by molar-refractivity contribution is 6.31. The summed E-state index contributed by atoms with van der Waals surface area (Å²) >= 11 is 6.23. The Morgan fingerprint density at radius 2 is 2.04 bits per heavy atom. The molecule has 0 spiro atoms. The molecule has 1 aliphatic rings. The van der Waals surface area contributed by atoms with Gasteiger partial charge in [-0.25, -0.2) is 9.78 Å². The second kappa shape index (κ2) is 8.12. The number of ether oxygens (including phenoxy) is 1. The Kier molecular flexibility index (Phi) is 5.81. The van der Waals surface area contributed by atoms with Crippen LogP contribution in [-0.4, -0.2) is 40.7 Å². The van der Waals surface area contributed by atoms with Gasteiger partial charge >= 0.3 is 11.7 Å². The van der Waals surface area contributed by atoms with Gasteiger partial charge in [0.2, 0.25) is 5.82 Å². The van der Waals surface area contributed by atoms with E-state index in [0.717, 1.165) is 0 Å². The fourth-order valence-corrected chi connectivity index (χ4v) is 3.74. The molecule has 1 aromatic carbocycles. The van der Waals surface area contributed by atoms with Gasteiger partial charge in [0.25, 0.3) is 0 Å². The summed E-state index contributed by atoms with van der Waals surface area (Å²) in [5, 5.41) is 23.2. The van der Waals surface area contributed by atoms with Crippen molar-refractivity contribution in [1.29, 1.82) is 0 Å². The molecule has 28 heavy (non-hydrogen) atoms. The number of nitrogens with zero attached hydrogens (tertiary/aromatic N) is 3. The van der Waals surface area contributed by atoms with Crippen LogP contribution in [-0.2, 0) is 10.3 Å². The predicted molar refractivity (Wildman–Crippen MR) is 104 cm³/mol. The van der Waals surface area contributed by atoms with Gasteiger partial charge in [0, 0.05) is 29.9 Å². The van der Waals surface area contributed by atoms with Crippen molar-refractivity contribution in [2.24, 2.45) is 0 Å². The number of halogens is 1. The molecule has 1 aromatic heterocycles. The molecule has 0 unspecified atom stereocenters. The average molecular weight is 406 g/mol. The maximum absolute atomic E-state index is 12.1. The molecule has 1 fully saturated rings. The maximum Gasteiger partial charge on any atom is 0.345 e. The molecule has 1 saturated heterocycles. The summed E-state index contributed by atoms with van der Waals surface area (Å²) in [6.45, 7) is 2.39. The normalized spacial score (nSPS) is 15.9. The molecule has 0 radical (unpaired) electrons. The number of benzene rings is 1. The van der Waals surface area contributed by atoms with E-state index < -0.39 is 16.5 Å². The van der Waals surface area contributed by atoms with Gasteiger partial charge in [-0.1, -0.05) is 29.8 Å². The highest BCUT2D eigenvalue weighted by Gasteiger charge is 2.38. The summed E-state index contributed by atoms with van der Waals surface area (Å²) in [5.41, 5.74) is -1.01. The summed E-state index contributed by atoms with van der Waals surface area (Å²) in [5.74, 6) is -0.667. The Hall–Kier alpha value is -2.71. The van der Waals surface area contributed by atoms with Crippen molar-refractivity contribution in [3.8, 4) is 0 Å². The number of carbonyl (C=O) groups is 1. The molecule has 2 heterocycles. The Labute approximate surface area is 166 Å². The first-order valence-electron chi connectivity index (χ1n) is 8.90. The molecule has 0 aliphatic carbocycles. The van der Waals surface area contributed by atoms with Crippen LogP contribution in [0.25, 0.3) is 0 Å². The Balaban J connectivity index is 1.88. The van der Waals surface area contributed by atoms with E-state index in [1.165, 1.54) is 12.3 Å². The molecule has 0 atom stereocenters. The Morgan fingerprint density at radius 1 is 1.36 bits per heavy atom. The van der Waals surface area contributed by atoms with Crippen LogP contribution in [0.15, 0.2) is 36.5 Å². The van der Waals surface area contributed by atoms with Crippen molar-refractivity contribution in [2.45, 2.75) is 25.4 Å². The number of hydrogen-bond donors (Lipinski definition) is 1. The van der Waals surface area contributed by atoms with Crippen LogP contribution in [0.1, 0.15) is 35.7 Å². The van der Waals surface area contributed by atoms with Crippen LogP contribution >= 0.6 is 11.6 Å². The highest BCUT2D eigenvalue weighted by atomic mass is 35.5. The zero-order chi connectivity index (χ0) is 20.3. The van der Waals surface area contributed by atoms with Crippen molar-refractivity contribution in [3.05, 3.63) is 62.8 Å². The van der Waals surface area contributed by atoms with Gasteiger partial charge < -0.3 is 14.7 Å². The van der Waals surface area contributed by atoms with Gasteiger partial charge in [0.1, 0.15) is 5.56 Å². The Bertz CT molecular complexity index is 897. The van der Waals surface area contributed by atoms with Crippen LogP contribution in [0.4, 0.5) is 11.5 Å². The minimum atomic E-state index is -1.12. The molecular formula is C19H20ClN3O5. The SMILES string of the molecule is CCOC(=O)c1ccnc(N2CCC(O)(c3ccccc3Cl)CC2)c1[N+](=O)[O-]. The fraction of sp³-hybridized carbons (Fsp3) is 0.368. The topological polar surface area (TPSA) is 106 Å². The summed E-state index contributed by atoms with van der Waals surface area (Å²) < 4.78 is 4.92. The number of hydrogen-bond acceptors (Lipinski definition) is 7. The molecule has 3 rings (SSSR count). The van der Waals surface area contributed by atoms with Gasteiger partial charge in [-0.2, -0.15) is 0 Å². The standard InChI is InChI=1S/C19H20ClN3O5/c1-2-28-18(24)13-7-10-21-17(16(13)23(26)27)22-11-8-19(25,9-12-22)14-5-3-4-6-15(14)20/h3-7,10,25H,2,8-9,11-12H2,1H3. The van der Waals surface area contributed by atoms with Crippen LogP contribution in [0.5, 0.6) is 0 Å². The molecule has 0 saturated carbocycles. The monoisotopic (exact) mass is 405 g/mol. The van der Waals surface area contributed by atoms with Crippen LogP contribution in [0, 0.1) is 10.1 Å². The number of aromatic nitrogens is 1. The summed E-state index contributed by atoms with van der Waals surface area (Å²) in [7, 11) is 0. The highest BCUT2D eigenvalue weighted by Crippen LogP contribution is 2.39. The average Bonchev–Trinajstić information content (AvgIpc) is 2.68. The number of esters is 1. The number of rotatable bonds is 5. The zero-order valence-corrected chi connectivity index (χ0v) is 16.1. The minimum absolute atomic E-state index is 0.0942. The van der Waals surface area contributed by atoms with E-state index in [1.54, 1.807) is 36.1 Å². The first-order valence-corrected chi connectivity index (χ1v) is 9.28. The molecule has 8 nitrogen and oxygen atoms in total. The summed E-state index contributed by atoms with van der Waals surface area (Å²) in [4.78, 5) is 29.0. The van der Waals surface area contributed by atoms with E-state index >= 15 is 0 Å². The van der Waals surface area contributed by atoms with Crippen LogP contribution < -0.4 is 4.90 Å². The third-order valence-electron chi connectivity index (χ3n) is 4.85. The second-order valence-electron chi connectivity index (χ2n) is 6.51. The van der Waals surface area contributed by atoms with Crippen molar-refractivity contribution in [2.75, 3.05) is 24.6 Å². The first-order chi connectivity index (χ1) is 13.4. The lowest BCUT2D eigenvalue weighted by Gasteiger charge is -2.39. The van der Waals surface area contributed by atoms with Crippen LogP contribution in [0.3, 0.4) is 0 Å². The lowest BCUT2D eigenvalue weighted by molar-refractivity contribution is -0.384. The van der Waals surface area contributed by atoms with Crippen molar-refractivity contribution in [1.82, 2.24) is 4.98 Å². The van der Waals surface area contributed by atoms with E-state index in [1.807, 2.05) is 0 Å². The number of piperidine rings is 1. The Morgan fingerprint density at radius 3 is 2.64 bits per heavy atom. The predicted octanol–water partition coefficient (Wildman–Crippen LogP) is 3.31. The van der Waals surface area contributed by atoms with Gasteiger partial charge in [0.15, 0.2) is 0 Å². The number of aliphatic hydroxyl groups is 1. The smallest absolute Gasteiger partial charge is 0.345 e. The summed E-state index contributed by atoms with van der Waals surface area (Å²) in [6, 6.07) is 8.37. The molecule has 148 valence electrons. The lowest BCUT2D eigenvalue weighted by Crippen LogP contribution is -2.43. The van der Waals surface area contributed by atoms with Gasteiger partial charge in [-0.3, -0.25) is 10.1 Å². The molecule has 1 aliphatic heterocycles. The third kappa shape index (κ3) is 3.79. The third-order valence-corrected chi connectivity index (χ3v) is 5.18. The van der Waals surface area contributed by atoms with Gasteiger partial charge in [-0.15, -0.1) is 0 Å². The van der Waals surface area contributed by atoms with E-state index in [-0.39, 0.29) is 23.7 Å². The minimum Gasteiger partial charge on any atom is -0.462 e. The zero-order valence-electron chi connectivity index (χ0n) is 15.3.